The molecule has 0 atom stereocenters. The lowest BCUT2D eigenvalue weighted by atomic mass is 10.1. The van der Waals surface area contributed by atoms with E-state index in [0.29, 0.717) is 17.7 Å². The van der Waals surface area contributed by atoms with Crippen molar-refractivity contribution >= 4 is 33.5 Å². The van der Waals surface area contributed by atoms with Crippen molar-refractivity contribution in [2.45, 2.75) is 13.0 Å². The van der Waals surface area contributed by atoms with Crippen LogP contribution in [0.5, 0.6) is 0 Å². The number of rotatable bonds is 4. The van der Waals surface area contributed by atoms with Crippen LogP contribution in [0.15, 0.2) is 94.5 Å². The molecule has 1 aliphatic heterocycles. The Morgan fingerprint density at radius 3 is 2.17 bits per heavy atom. The maximum atomic E-state index is 13.6. The third kappa shape index (κ3) is 3.64. The molecule has 8 heteroatoms. The predicted molar refractivity (Wildman–Crippen MR) is 134 cm³/mol. The minimum absolute atomic E-state index is 0.172. The zero-order valence-corrected chi connectivity index (χ0v) is 19.2. The molecule has 0 fully saturated rings. The minimum Gasteiger partial charge on any atom is -0.303 e. The molecule has 0 saturated carbocycles. The van der Waals surface area contributed by atoms with Crippen LogP contribution in [0.4, 0.5) is 5.69 Å². The lowest BCUT2D eigenvalue weighted by Crippen LogP contribution is -2.33. The van der Waals surface area contributed by atoms with E-state index in [-0.39, 0.29) is 27.5 Å². The van der Waals surface area contributed by atoms with E-state index in [4.69, 9.17) is 0 Å². The van der Waals surface area contributed by atoms with Crippen LogP contribution >= 0.6 is 11.3 Å². The third-order valence-corrected chi connectivity index (χ3v) is 7.00. The second-order valence-corrected chi connectivity index (χ2v) is 9.20. The number of fused-ring (bicyclic) bond motifs is 2. The van der Waals surface area contributed by atoms with Crippen LogP contribution in [0, 0.1) is 0 Å². The fourth-order valence-electron chi connectivity index (χ4n) is 4.32. The van der Waals surface area contributed by atoms with Gasteiger partial charge in [-0.1, -0.05) is 90.2 Å². The van der Waals surface area contributed by atoms with Gasteiger partial charge in [0, 0.05) is 12.0 Å². The number of benzene rings is 3. The van der Waals surface area contributed by atoms with Crippen molar-refractivity contribution in [1.82, 2.24) is 14.6 Å². The number of anilines is 1. The standard InChI is InChI=1S/C27H18N4O3S/c32-24-20(15-17-9-3-1-4-10-17)29-31-26(34)23(35-27(31)28-24)22-19-13-7-8-14-21(19)30(25(22)33)16-18-11-5-2-6-12-18/h1-14H,15-16H2/b23-22-. The van der Waals surface area contributed by atoms with E-state index < -0.39 is 11.1 Å². The second-order valence-electron chi connectivity index (χ2n) is 8.23. The van der Waals surface area contributed by atoms with Crippen LogP contribution in [0.1, 0.15) is 22.4 Å². The summed E-state index contributed by atoms with van der Waals surface area (Å²) in [5, 5.41) is 4.33. The number of amides is 1. The Labute approximate surface area is 203 Å². The van der Waals surface area contributed by atoms with Crippen molar-refractivity contribution in [3.8, 4) is 0 Å². The monoisotopic (exact) mass is 478 g/mol. The second kappa shape index (κ2) is 8.41. The smallest absolute Gasteiger partial charge is 0.296 e. The lowest BCUT2D eigenvalue weighted by molar-refractivity contribution is -0.113. The summed E-state index contributed by atoms with van der Waals surface area (Å²) in [6.45, 7) is 0.384. The molecular weight excluding hydrogens is 460 g/mol. The fourth-order valence-corrected chi connectivity index (χ4v) is 5.31. The molecule has 1 aliphatic rings. The van der Waals surface area contributed by atoms with E-state index >= 15 is 0 Å². The van der Waals surface area contributed by atoms with E-state index in [0.717, 1.165) is 32.7 Å². The number of para-hydroxylation sites is 1. The van der Waals surface area contributed by atoms with Gasteiger partial charge in [0.15, 0.2) is 0 Å². The number of aromatic nitrogens is 3. The number of carbonyl (C=O) groups excluding carboxylic acids is 1. The van der Waals surface area contributed by atoms with Gasteiger partial charge >= 0.3 is 0 Å². The summed E-state index contributed by atoms with van der Waals surface area (Å²) in [4.78, 5) is 45.6. The molecule has 2 aromatic heterocycles. The first kappa shape index (κ1) is 21.1. The molecule has 0 N–H and O–H groups in total. The third-order valence-electron chi connectivity index (χ3n) is 5.97. The molecule has 3 aromatic carbocycles. The highest BCUT2D eigenvalue weighted by Gasteiger charge is 2.34. The van der Waals surface area contributed by atoms with Crippen molar-refractivity contribution in [1.29, 1.82) is 0 Å². The molecule has 3 heterocycles. The van der Waals surface area contributed by atoms with Crippen LogP contribution in [0.25, 0.3) is 10.5 Å². The average Bonchev–Trinajstić information content (AvgIpc) is 3.33. The van der Waals surface area contributed by atoms with Crippen molar-refractivity contribution in [3.63, 3.8) is 0 Å². The molecule has 0 aliphatic carbocycles. The Hall–Kier alpha value is -4.43. The zero-order valence-electron chi connectivity index (χ0n) is 18.4. The van der Waals surface area contributed by atoms with Gasteiger partial charge in [-0.25, -0.2) is 0 Å². The molecule has 5 aromatic rings. The van der Waals surface area contributed by atoms with E-state index in [1.165, 1.54) is 0 Å². The highest BCUT2D eigenvalue weighted by Crippen LogP contribution is 2.36. The topological polar surface area (TPSA) is 84.6 Å². The first-order valence-corrected chi connectivity index (χ1v) is 11.9. The molecule has 0 radical (unpaired) electrons. The molecule has 35 heavy (non-hydrogen) atoms. The van der Waals surface area contributed by atoms with Crippen LogP contribution in [0.3, 0.4) is 0 Å². The van der Waals surface area contributed by atoms with Gasteiger partial charge in [-0.05, 0) is 17.2 Å². The molecule has 6 rings (SSSR count). The maximum absolute atomic E-state index is 13.6. The van der Waals surface area contributed by atoms with Crippen molar-refractivity contribution < 1.29 is 4.79 Å². The first-order valence-electron chi connectivity index (χ1n) is 11.1. The van der Waals surface area contributed by atoms with Gasteiger partial charge in [-0.3, -0.25) is 14.4 Å². The number of hydrogen-bond donors (Lipinski definition) is 0. The Morgan fingerprint density at radius 1 is 0.771 bits per heavy atom. The Bertz CT molecular complexity index is 1760. The fraction of sp³-hybridized carbons (Fsp3) is 0.0741. The van der Waals surface area contributed by atoms with Gasteiger partial charge in [0.25, 0.3) is 17.0 Å². The van der Waals surface area contributed by atoms with Gasteiger partial charge in [0.1, 0.15) is 10.2 Å². The molecule has 0 saturated heterocycles. The zero-order chi connectivity index (χ0) is 23.9. The van der Waals surface area contributed by atoms with Gasteiger partial charge < -0.3 is 4.90 Å². The maximum Gasteiger partial charge on any atom is 0.296 e. The number of thiazole rings is 1. The van der Waals surface area contributed by atoms with E-state index in [1.807, 2.05) is 84.9 Å². The molecule has 1 amide bonds. The van der Waals surface area contributed by atoms with Gasteiger partial charge in [-0.15, -0.1) is 0 Å². The van der Waals surface area contributed by atoms with Gasteiger partial charge in [0.05, 0.1) is 17.8 Å². The molecule has 7 nitrogen and oxygen atoms in total. The quantitative estimate of drug-likeness (QED) is 0.396. The molecule has 0 unspecified atom stereocenters. The molecular formula is C27H18N4O3S. The van der Waals surface area contributed by atoms with E-state index in [2.05, 4.69) is 10.1 Å². The van der Waals surface area contributed by atoms with Crippen LogP contribution in [0.2, 0.25) is 0 Å². The summed E-state index contributed by atoms with van der Waals surface area (Å²) in [6.07, 6.45) is 0.267. The van der Waals surface area contributed by atoms with Crippen LogP contribution in [-0.2, 0) is 17.8 Å². The SMILES string of the molecule is O=C1/C(=c2\sc3nc(=O)c(Cc4ccccc4)nn3c2=O)c2ccccc2N1Cc1ccccc1. The van der Waals surface area contributed by atoms with Crippen molar-refractivity contribution in [3.05, 3.63) is 133 Å². The first-order chi connectivity index (χ1) is 17.1. The largest absolute Gasteiger partial charge is 0.303 e. The van der Waals surface area contributed by atoms with Gasteiger partial charge in [0.2, 0.25) is 4.96 Å². The molecule has 0 spiro atoms. The molecule has 0 bridgehead atoms. The Morgan fingerprint density at radius 2 is 1.43 bits per heavy atom. The normalized spacial score (nSPS) is 14.5. The summed E-state index contributed by atoms with van der Waals surface area (Å²) in [7, 11) is 0. The lowest BCUT2D eigenvalue weighted by Gasteiger charge is -2.17. The molecule has 170 valence electrons. The number of nitrogens with zero attached hydrogens (tertiary/aromatic N) is 4. The summed E-state index contributed by atoms with van der Waals surface area (Å²) < 4.78 is 1.37. The Kier molecular flexibility index (Phi) is 5.08. The summed E-state index contributed by atoms with van der Waals surface area (Å²) in [6, 6.07) is 26.5. The van der Waals surface area contributed by atoms with Gasteiger partial charge in [-0.2, -0.15) is 14.6 Å². The predicted octanol–water partition coefficient (Wildman–Crippen LogP) is 2.57. The highest BCUT2D eigenvalue weighted by atomic mass is 32.1. The van der Waals surface area contributed by atoms with Crippen LogP contribution < -0.4 is 20.6 Å². The Balaban J connectivity index is 1.51. The summed E-state index contributed by atoms with van der Waals surface area (Å²) >= 11 is 1.02. The highest BCUT2D eigenvalue weighted by molar-refractivity contribution is 7.15. The van der Waals surface area contributed by atoms with Crippen molar-refractivity contribution in [2.75, 3.05) is 4.90 Å². The summed E-state index contributed by atoms with van der Waals surface area (Å²) in [5.41, 5.74) is 2.88. The van der Waals surface area contributed by atoms with E-state index in [1.54, 1.807) is 4.90 Å². The average molecular weight is 479 g/mol. The number of hydrogen-bond acceptors (Lipinski definition) is 6. The number of carbonyl (C=O) groups is 1. The minimum atomic E-state index is -0.476. The van der Waals surface area contributed by atoms with E-state index in [9.17, 15) is 14.4 Å². The van der Waals surface area contributed by atoms with Crippen molar-refractivity contribution in [2.24, 2.45) is 0 Å². The van der Waals surface area contributed by atoms with Crippen LogP contribution in [-0.4, -0.2) is 20.5 Å². The summed E-state index contributed by atoms with van der Waals surface area (Å²) in [5.74, 6) is -0.258.